The first kappa shape index (κ1) is 16.7. The molecule has 0 saturated carbocycles. The first-order valence-corrected chi connectivity index (χ1v) is 7.86. The lowest BCUT2D eigenvalue weighted by Gasteiger charge is -2.28. The maximum absolute atomic E-state index is 12.1. The Morgan fingerprint density at radius 1 is 1.27 bits per heavy atom. The minimum absolute atomic E-state index is 0.186. The maximum atomic E-state index is 12.1. The molecule has 0 aromatic heterocycles. The molecule has 1 aliphatic rings. The van der Waals surface area contributed by atoms with Gasteiger partial charge in [-0.15, -0.1) is 0 Å². The number of hydrogen-bond acceptors (Lipinski definition) is 4. The van der Waals surface area contributed by atoms with Gasteiger partial charge in [0.05, 0.1) is 13.2 Å². The normalized spacial score (nSPS) is 16.5. The molecule has 0 spiro atoms. The number of carbonyl (C=O) groups is 2. The molecule has 1 aliphatic heterocycles. The van der Waals surface area contributed by atoms with Crippen LogP contribution in [0.5, 0.6) is 0 Å². The van der Waals surface area contributed by atoms with Crippen molar-refractivity contribution in [3.05, 3.63) is 40.4 Å². The van der Waals surface area contributed by atoms with Crippen molar-refractivity contribution in [2.24, 2.45) is 0 Å². The summed E-state index contributed by atoms with van der Waals surface area (Å²) in [6.45, 7) is 3.71. The summed E-state index contributed by atoms with van der Waals surface area (Å²) < 4.78 is 11.3. The average molecular weight is 368 g/mol. The van der Waals surface area contributed by atoms with Crippen LogP contribution in [0.3, 0.4) is 0 Å². The average Bonchev–Trinajstić information content (AvgIpc) is 2.54. The highest BCUT2D eigenvalue weighted by Crippen LogP contribution is 2.11. The molecule has 0 N–H and O–H groups in total. The van der Waals surface area contributed by atoms with Gasteiger partial charge in [-0.2, -0.15) is 0 Å². The zero-order chi connectivity index (χ0) is 15.9. The molecule has 118 valence electrons. The summed E-state index contributed by atoms with van der Waals surface area (Å²) >= 11 is 3.35. The van der Waals surface area contributed by atoms with Crippen LogP contribution in [0.25, 0.3) is 6.08 Å². The monoisotopic (exact) mass is 367 g/mol. The number of benzene rings is 1. The molecule has 1 atom stereocenters. The summed E-state index contributed by atoms with van der Waals surface area (Å²) in [5.74, 6) is -0.717. The van der Waals surface area contributed by atoms with E-state index in [1.165, 1.54) is 6.08 Å². The molecule has 0 aliphatic carbocycles. The van der Waals surface area contributed by atoms with Gasteiger partial charge in [-0.25, -0.2) is 4.79 Å². The second-order valence-corrected chi connectivity index (χ2v) is 5.82. The van der Waals surface area contributed by atoms with Crippen LogP contribution < -0.4 is 0 Å². The molecule has 22 heavy (non-hydrogen) atoms. The van der Waals surface area contributed by atoms with E-state index in [0.717, 1.165) is 10.0 Å². The Labute approximate surface area is 138 Å². The third-order valence-corrected chi connectivity index (χ3v) is 3.77. The van der Waals surface area contributed by atoms with E-state index in [0.29, 0.717) is 26.3 Å². The van der Waals surface area contributed by atoms with Crippen LogP contribution in [-0.2, 0) is 19.1 Å². The molecule has 0 bridgehead atoms. The van der Waals surface area contributed by atoms with Crippen LogP contribution in [0.4, 0.5) is 0 Å². The van der Waals surface area contributed by atoms with Crippen LogP contribution in [0.1, 0.15) is 12.5 Å². The summed E-state index contributed by atoms with van der Waals surface area (Å²) in [5.41, 5.74) is 0.882. The highest BCUT2D eigenvalue weighted by Gasteiger charge is 2.24. The van der Waals surface area contributed by atoms with E-state index in [4.69, 9.17) is 9.47 Å². The third-order valence-electron chi connectivity index (χ3n) is 3.25. The van der Waals surface area contributed by atoms with Crippen LogP contribution >= 0.6 is 15.9 Å². The van der Waals surface area contributed by atoms with Crippen LogP contribution in [0.15, 0.2) is 34.8 Å². The molecule has 1 amide bonds. The van der Waals surface area contributed by atoms with Gasteiger partial charge in [0.1, 0.15) is 0 Å². The Bertz CT molecular complexity index is 550. The SMILES string of the molecule is C[C@H](OC(=O)/C=C/c1ccc(Br)cc1)C(=O)N1CCOCC1. The number of carbonyl (C=O) groups excluding carboxylic acids is 2. The quantitative estimate of drug-likeness (QED) is 0.604. The van der Waals surface area contributed by atoms with E-state index in [1.807, 2.05) is 24.3 Å². The predicted octanol–water partition coefficient (Wildman–Crippen LogP) is 2.25. The minimum atomic E-state index is -0.792. The van der Waals surface area contributed by atoms with Crippen LogP contribution in [-0.4, -0.2) is 49.2 Å². The summed E-state index contributed by atoms with van der Waals surface area (Å²) in [5, 5.41) is 0. The van der Waals surface area contributed by atoms with Crippen molar-refractivity contribution in [2.45, 2.75) is 13.0 Å². The van der Waals surface area contributed by atoms with Crippen LogP contribution in [0.2, 0.25) is 0 Å². The van der Waals surface area contributed by atoms with Crippen molar-refractivity contribution in [1.29, 1.82) is 0 Å². The Morgan fingerprint density at radius 3 is 2.55 bits per heavy atom. The molecule has 1 heterocycles. The molecular formula is C16H18BrNO4. The van der Waals surface area contributed by atoms with E-state index in [2.05, 4.69) is 15.9 Å². The van der Waals surface area contributed by atoms with Gasteiger partial charge in [-0.3, -0.25) is 4.79 Å². The molecule has 1 aromatic carbocycles. The predicted molar refractivity (Wildman–Crippen MR) is 86.1 cm³/mol. The molecule has 5 nitrogen and oxygen atoms in total. The zero-order valence-electron chi connectivity index (χ0n) is 12.3. The number of nitrogens with zero attached hydrogens (tertiary/aromatic N) is 1. The van der Waals surface area contributed by atoms with Gasteiger partial charge in [0.25, 0.3) is 5.91 Å². The van der Waals surface area contributed by atoms with Gasteiger partial charge in [0.2, 0.25) is 0 Å². The molecule has 0 radical (unpaired) electrons. The highest BCUT2D eigenvalue weighted by molar-refractivity contribution is 9.10. The largest absolute Gasteiger partial charge is 0.449 e. The number of amides is 1. The van der Waals surface area contributed by atoms with Crippen molar-refractivity contribution in [3.8, 4) is 0 Å². The standard InChI is InChI=1S/C16H18BrNO4/c1-12(16(20)18-8-10-21-11-9-18)22-15(19)7-4-13-2-5-14(17)6-3-13/h2-7,12H,8-11H2,1H3/b7-4+/t12-/m0/s1. The number of morpholine rings is 1. The maximum Gasteiger partial charge on any atom is 0.331 e. The fraction of sp³-hybridized carbons (Fsp3) is 0.375. The first-order chi connectivity index (χ1) is 10.6. The lowest BCUT2D eigenvalue weighted by molar-refractivity contribution is -0.157. The molecule has 1 fully saturated rings. The summed E-state index contributed by atoms with van der Waals surface area (Å²) in [7, 11) is 0. The van der Waals surface area contributed by atoms with Crippen molar-refractivity contribution in [1.82, 2.24) is 4.90 Å². The number of hydrogen-bond donors (Lipinski definition) is 0. The first-order valence-electron chi connectivity index (χ1n) is 7.07. The Hall–Kier alpha value is -1.66. The smallest absolute Gasteiger partial charge is 0.331 e. The number of rotatable bonds is 4. The van der Waals surface area contributed by atoms with Gasteiger partial charge in [-0.1, -0.05) is 28.1 Å². The van der Waals surface area contributed by atoms with Crippen molar-refractivity contribution in [2.75, 3.05) is 26.3 Å². The van der Waals surface area contributed by atoms with Crippen LogP contribution in [0, 0.1) is 0 Å². The van der Waals surface area contributed by atoms with Crippen molar-refractivity contribution >= 4 is 33.9 Å². The van der Waals surface area contributed by atoms with E-state index >= 15 is 0 Å². The summed E-state index contributed by atoms with van der Waals surface area (Å²) in [6, 6.07) is 7.51. The van der Waals surface area contributed by atoms with Gasteiger partial charge in [-0.05, 0) is 30.7 Å². The molecule has 0 unspecified atom stereocenters. The van der Waals surface area contributed by atoms with Crippen molar-refractivity contribution in [3.63, 3.8) is 0 Å². The highest BCUT2D eigenvalue weighted by atomic mass is 79.9. The number of esters is 1. The van der Waals surface area contributed by atoms with Gasteiger partial charge >= 0.3 is 5.97 Å². The second-order valence-electron chi connectivity index (χ2n) is 4.90. The van der Waals surface area contributed by atoms with Gasteiger partial charge in [0, 0.05) is 23.6 Å². The van der Waals surface area contributed by atoms with Gasteiger partial charge < -0.3 is 14.4 Å². The fourth-order valence-corrected chi connectivity index (χ4v) is 2.31. The lowest BCUT2D eigenvalue weighted by atomic mass is 10.2. The van der Waals surface area contributed by atoms with E-state index < -0.39 is 12.1 Å². The zero-order valence-corrected chi connectivity index (χ0v) is 13.9. The molecule has 2 rings (SSSR count). The summed E-state index contributed by atoms with van der Waals surface area (Å²) in [4.78, 5) is 25.5. The molecular weight excluding hydrogens is 350 g/mol. The number of halogens is 1. The summed E-state index contributed by atoms with van der Waals surface area (Å²) in [6.07, 6.45) is 2.19. The Balaban J connectivity index is 1.85. The van der Waals surface area contributed by atoms with E-state index in [9.17, 15) is 9.59 Å². The Kier molecular flexibility index (Phi) is 6.15. The third kappa shape index (κ3) is 4.96. The number of ether oxygens (including phenoxy) is 2. The molecule has 1 saturated heterocycles. The van der Waals surface area contributed by atoms with Gasteiger partial charge in [0.15, 0.2) is 6.10 Å². The lowest BCUT2D eigenvalue weighted by Crippen LogP contribution is -2.45. The second kappa shape index (κ2) is 8.10. The minimum Gasteiger partial charge on any atom is -0.449 e. The molecule has 6 heteroatoms. The molecule has 1 aromatic rings. The fourth-order valence-electron chi connectivity index (χ4n) is 2.04. The van der Waals surface area contributed by atoms with Crippen molar-refractivity contribution < 1.29 is 19.1 Å². The topological polar surface area (TPSA) is 55.8 Å². The Morgan fingerprint density at radius 2 is 1.91 bits per heavy atom. The van der Waals surface area contributed by atoms with E-state index in [-0.39, 0.29) is 5.91 Å². The van der Waals surface area contributed by atoms with E-state index in [1.54, 1.807) is 17.9 Å².